The zero-order valence-electron chi connectivity index (χ0n) is 12.3. The van der Waals surface area contributed by atoms with E-state index >= 15 is 0 Å². The SMILES string of the molecule is CC(C)(CCc1ccccc1)NC(=O)c1ncccc1Br. The Labute approximate surface area is 133 Å². The van der Waals surface area contributed by atoms with Gasteiger partial charge >= 0.3 is 0 Å². The first-order valence-corrected chi connectivity index (χ1v) is 7.74. The number of nitrogens with one attached hydrogen (secondary N) is 1. The lowest BCUT2D eigenvalue weighted by Crippen LogP contribution is -2.44. The number of pyridine rings is 1. The molecule has 0 spiro atoms. The van der Waals surface area contributed by atoms with E-state index in [0.717, 1.165) is 12.8 Å². The summed E-state index contributed by atoms with van der Waals surface area (Å²) in [6.45, 7) is 4.06. The van der Waals surface area contributed by atoms with Crippen LogP contribution in [0.1, 0.15) is 36.3 Å². The van der Waals surface area contributed by atoms with Gasteiger partial charge in [-0.3, -0.25) is 4.79 Å². The van der Waals surface area contributed by atoms with E-state index in [-0.39, 0.29) is 11.4 Å². The summed E-state index contributed by atoms with van der Waals surface area (Å²) in [7, 11) is 0. The largest absolute Gasteiger partial charge is 0.346 e. The Kier molecular flexibility index (Phi) is 5.12. The minimum Gasteiger partial charge on any atom is -0.346 e. The zero-order valence-corrected chi connectivity index (χ0v) is 13.9. The molecule has 0 saturated heterocycles. The molecule has 110 valence electrons. The van der Waals surface area contributed by atoms with Crippen LogP contribution in [0.3, 0.4) is 0 Å². The van der Waals surface area contributed by atoms with Gasteiger partial charge in [-0.25, -0.2) is 4.98 Å². The van der Waals surface area contributed by atoms with Crippen molar-refractivity contribution in [2.75, 3.05) is 0 Å². The fraction of sp³-hybridized carbons (Fsp3) is 0.294. The van der Waals surface area contributed by atoms with Crippen LogP contribution in [0.25, 0.3) is 0 Å². The van der Waals surface area contributed by atoms with Crippen molar-refractivity contribution in [3.63, 3.8) is 0 Å². The fourth-order valence-corrected chi connectivity index (χ4v) is 2.52. The number of aromatic nitrogens is 1. The van der Waals surface area contributed by atoms with Gasteiger partial charge in [0.25, 0.3) is 5.91 Å². The van der Waals surface area contributed by atoms with E-state index in [1.807, 2.05) is 38.1 Å². The molecule has 0 saturated carbocycles. The van der Waals surface area contributed by atoms with E-state index in [2.05, 4.69) is 38.4 Å². The van der Waals surface area contributed by atoms with Crippen LogP contribution >= 0.6 is 15.9 Å². The number of hydrogen-bond acceptors (Lipinski definition) is 2. The van der Waals surface area contributed by atoms with Crippen LogP contribution in [0.2, 0.25) is 0 Å². The van der Waals surface area contributed by atoms with Gasteiger partial charge in [0, 0.05) is 16.2 Å². The summed E-state index contributed by atoms with van der Waals surface area (Å²) in [4.78, 5) is 16.4. The van der Waals surface area contributed by atoms with E-state index in [0.29, 0.717) is 10.2 Å². The Morgan fingerprint density at radius 2 is 1.90 bits per heavy atom. The van der Waals surface area contributed by atoms with Gasteiger partial charge in [0.05, 0.1) is 0 Å². The molecule has 3 nitrogen and oxygen atoms in total. The van der Waals surface area contributed by atoms with E-state index in [9.17, 15) is 4.79 Å². The summed E-state index contributed by atoms with van der Waals surface area (Å²) in [6.07, 6.45) is 3.42. The van der Waals surface area contributed by atoms with Crippen LogP contribution < -0.4 is 5.32 Å². The lowest BCUT2D eigenvalue weighted by atomic mass is 9.95. The standard InChI is InChI=1S/C17H19BrN2O/c1-17(2,11-10-13-7-4-3-5-8-13)20-16(21)15-14(18)9-6-12-19-15/h3-9,12H,10-11H2,1-2H3,(H,20,21). The van der Waals surface area contributed by atoms with Gasteiger partial charge in [0.1, 0.15) is 5.69 Å². The number of carbonyl (C=O) groups excluding carboxylic acids is 1. The molecule has 21 heavy (non-hydrogen) atoms. The normalized spacial score (nSPS) is 11.2. The second kappa shape index (κ2) is 6.85. The summed E-state index contributed by atoms with van der Waals surface area (Å²) < 4.78 is 0.710. The van der Waals surface area contributed by atoms with Crippen LogP contribution in [0.15, 0.2) is 53.1 Å². The van der Waals surface area contributed by atoms with Gasteiger partial charge in [0.15, 0.2) is 0 Å². The van der Waals surface area contributed by atoms with Crippen LogP contribution in [-0.2, 0) is 6.42 Å². The van der Waals surface area contributed by atoms with Gasteiger partial charge in [-0.2, -0.15) is 0 Å². The quantitative estimate of drug-likeness (QED) is 0.889. The van der Waals surface area contributed by atoms with Crippen molar-refractivity contribution in [2.24, 2.45) is 0 Å². The smallest absolute Gasteiger partial charge is 0.271 e. The van der Waals surface area contributed by atoms with Gasteiger partial charge in [-0.15, -0.1) is 0 Å². The molecule has 0 fully saturated rings. The number of hydrogen-bond donors (Lipinski definition) is 1. The highest BCUT2D eigenvalue weighted by Crippen LogP contribution is 2.17. The molecule has 1 N–H and O–H groups in total. The minimum atomic E-state index is -0.288. The van der Waals surface area contributed by atoms with Crippen molar-refractivity contribution in [1.29, 1.82) is 0 Å². The average molecular weight is 347 g/mol. The first kappa shape index (κ1) is 15.7. The molecular formula is C17H19BrN2O. The van der Waals surface area contributed by atoms with E-state index in [4.69, 9.17) is 0 Å². The number of amides is 1. The molecule has 0 unspecified atom stereocenters. The van der Waals surface area contributed by atoms with Crippen molar-refractivity contribution in [3.05, 3.63) is 64.4 Å². The highest BCUT2D eigenvalue weighted by atomic mass is 79.9. The Bertz CT molecular complexity index is 611. The maximum absolute atomic E-state index is 12.3. The van der Waals surface area contributed by atoms with Gasteiger partial charge in [-0.05, 0) is 60.3 Å². The van der Waals surface area contributed by atoms with Crippen molar-refractivity contribution < 1.29 is 4.79 Å². The highest BCUT2D eigenvalue weighted by Gasteiger charge is 2.22. The van der Waals surface area contributed by atoms with E-state index < -0.39 is 0 Å². The molecule has 0 radical (unpaired) electrons. The average Bonchev–Trinajstić information content (AvgIpc) is 2.46. The van der Waals surface area contributed by atoms with E-state index in [1.54, 1.807) is 12.3 Å². The molecule has 2 aromatic rings. The van der Waals surface area contributed by atoms with Crippen molar-refractivity contribution in [3.8, 4) is 0 Å². The molecule has 0 bridgehead atoms. The molecule has 1 heterocycles. The number of carbonyl (C=O) groups is 1. The monoisotopic (exact) mass is 346 g/mol. The molecule has 1 aromatic carbocycles. The van der Waals surface area contributed by atoms with Gasteiger partial charge in [-0.1, -0.05) is 30.3 Å². The predicted octanol–water partition coefficient (Wildman–Crippen LogP) is 3.99. The summed E-state index contributed by atoms with van der Waals surface area (Å²) in [6, 6.07) is 13.9. The second-order valence-electron chi connectivity index (χ2n) is 5.66. The summed E-state index contributed by atoms with van der Waals surface area (Å²) >= 11 is 3.36. The third kappa shape index (κ3) is 4.67. The second-order valence-corrected chi connectivity index (χ2v) is 6.51. The van der Waals surface area contributed by atoms with Crippen LogP contribution in [0.5, 0.6) is 0 Å². The molecule has 2 rings (SSSR count). The molecule has 4 heteroatoms. The van der Waals surface area contributed by atoms with Crippen LogP contribution in [0, 0.1) is 0 Å². The molecule has 1 amide bonds. The number of rotatable bonds is 5. The number of halogens is 1. The summed E-state index contributed by atoms with van der Waals surface area (Å²) in [5, 5.41) is 3.05. The minimum absolute atomic E-state index is 0.152. The molecule has 0 aliphatic rings. The third-order valence-electron chi connectivity index (χ3n) is 3.31. The van der Waals surface area contributed by atoms with Gasteiger partial charge < -0.3 is 5.32 Å². The lowest BCUT2D eigenvalue weighted by molar-refractivity contribution is 0.0903. The van der Waals surface area contributed by atoms with Crippen LogP contribution in [0.4, 0.5) is 0 Å². The highest BCUT2D eigenvalue weighted by molar-refractivity contribution is 9.10. The molecule has 1 aromatic heterocycles. The first-order valence-electron chi connectivity index (χ1n) is 6.95. The molecular weight excluding hydrogens is 328 g/mol. The van der Waals surface area contributed by atoms with Crippen molar-refractivity contribution in [1.82, 2.24) is 10.3 Å². The molecule has 0 aliphatic heterocycles. The Balaban J connectivity index is 1.97. The Morgan fingerprint density at radius 3 is 2.57 bits per heavy atom. The number of benzene rings is 1. The Hall–Kier alpha value is -1.68. The molecule has 0 atom stereocenters. The number of nitrogens with zero attached hydrogens (tertiary/aromatic N) is 1. The van der Waals surface area contributed by atoms with Gasteiger partial charge in [0.2, 0.25) is 0 Å². The first-order chi connectivity index (χ1) is 9.98. The van der Waals surface area contributed by atoms with E-state index in [1.165, 1.54) is 5.56 Å². The van der Waals surface area contributed by atoms with Crippen molar-refractivity contribution >= 4 is 21.8 Å². The third-order valence-corrected chi connectivity index (χ3v) is 3.95. The maximum Gasteiger partial charge on any atom is 0.271 e. The topological polar surface area (TPSA) is 42.0 Å². The molecule has 0 aliphatic carbocycles. The fourth-order valence-electron chi connectivity index (χ4n) is 2.08. The maximum atomic E-state index is 12.3. The predicted molar refractivity (Wildman–Crippen MR) is 88.2 cm³/mol. The Morgan fingerprint density at radius 1 is 1.19 bits per heavy atom. The zero-order chi connectivity index (χ0) is 15.3. The summed E-state index contributed by atoms with van der Waals surface area (Å²) in [5.41, 5.74) is 1.41. The number of aryl methyl sites for hydroxylation is 1. The lowest BCUT2D eigenvalue weighted by Gasteiger charge is -2.26. The van der Waals surface area contributed by atoms with Crippen LogP contribution in [-0.4, -0.2) is 16.4 Å². The summed E-state index contributed by atoms with van der Waals surface area (Å²) in [5.74, 6) is -0.152. The van der Waals surface area contributed by atoms with Crippen molar-refractivity contribution in [2.45, 2.75) is 32.2 Å².